The second-order valence-corrected chi connectivity index (χ2v) is 4.84. The zero-order valence-corrected chi connectivity index (χ0v) is 12.0. The van der Waals surface area contributed by atoms with Crippen LogP contribution < -0.4 is 11.3 Å². The van der Waals surface area contributed by atoms with Crippen LogP contribution in [0.25, 0.3) is 5.69 Å². The Kier molecular flexibility index (Phi) is 3.51. The van der Waals surface area contributed by atoms with E-state index in [-0.39, 0.29) is 5.56 Å². The summed E-state index contributed by atoms with van der Waals surface area (Å²) in [6.07, 6.45) is 0.757. The summed E-state index contributed by atoms with van der Waals surface area (Å²) < 4.78 is 3.66. The number of benzene rings is 1. The molecule has 0 saturated heterocycles. The highest BCUT2D eigenvalue weighted by Gasteiger charge is 2.17. The first-order chi connectivity index (χ1) is 9.01. The molecule has 19 heavy (non-hydrogen) atoms. The molecule has 0 radical (unpaired) electrons. The molecule has 2 rings (SSSR count). The highest BCUT2D eigenvalue weighted by molar-refractivity contribution is 5.48. The van der Waals surface area contributed by atoms with Gasteiger partial charge in [0.2, 0.25) is 0 Å². The van der Waals surface area contributed by atoms with Gasteiger partial charge in [-0.1, -0.05) is 24.6 Å². The lowest BCUT2D eigenvalue weighted by molar-refractivity contribution is 0.549. The molecule has 0 saturated carbocycles. The molecule has 0 aliphatic rings. The van der Waals surface area contributed by atoms with E-state index in [1.165, 1.54) is 5.56 Å². The summed E-state index contributed by atoms with van der Waals surface area (Å²) in [4.78, 5) is 12.4. The van der Waals surface area contributed by atoms with Gasteiger partial charge in [0.25, 0.3) is 5.56 Å². The summed E-state index contributed by atoms with van der Waals surface area (Å²) in [6.45, 7) is 8.83. The Morgan fingerprint density at radius 2 is 1.89 bits per heavy atom. The van der Waals surface area contributed by atoms with E-state index in [0.717, 1.165) is 29.9 Å². The van der Waals surface area contributed by atoms with E-state index in [1.54, 1.807) is 4.68 Å². The zero-order chi connectivity index (χ0) is 14.2. The van der Waals surface area contributed by atoms with Crippen LogP contribution in [0.5, 0.6) is 0 Å². The molecule has 0 aliphatic heterocycles. The molecule has 0 bridgehead atoms. The van der Waals surface area contributed by atoms with Gasteiger partial charge in [-0.2, -0.15) is 0 Å². The van der Waals surface area contributed by atoms with E-state index < -0.39 is 0 Å². The molecule has 0 aliphatic carbocycles. The third-order valence-electron chi connectivity index (χ3n) is 3.50. The molecule has 1 aromatic heterocycles. The lowest BCUT2D eigenvalue weighted by Crippen LogP contribution is -2.22. The minimum absolute atomic E-state index is 0.120. The van der Waals surface area contributed by atoms with Crippen LogP contribution >= 0.6 is 0 Å². The van der Waals surface area contributed by atoms with Crippen LogP contribution in [-0.4, -0.2) is 9.36 Å². The van der Waals surface area contributed by atoms with Crippen LogP contribution in [-0.2, 0) is 13.0 Å². The van der Waals surface area contributed by atoms with Gasteiger partial charge in [-0.25, -0.2) is 4.68 Å². The monoisotopic (exact) mass is 259 g/mol. The molecule has 0 atom stereocenters. The van der Waals surface area contributed by atoms with Gasteiger partial charge in [0.15, 0.2) is 0 Å². The Morgan fingerprint density at radius 1 is 1.21 bits per heavy atom. The van der Waals surface area contributed by atoms with E-state index in [0.29, 0.717) is 5.69 Å². The SMILES string of the molecule is CCc1c(N)c(=O)n(-c2ccc(C)cc2C)n1CC. The smallest absolute Gasteiger partial charge is 0.294 e. The predicted molar refractivity (Wildman–Crippen MR) is 79.0 cm³/mol. The quantitative estimate of drug-likeness (QED) is 0.920. The van der Waals surface area contributed by atoms with Crippen molar-refractivity contribution in [3.63, 3.8) is 0 Å². The maximum absolute atomic E-state index is 12.4. The van der Waals surface area contributed by atoms with Crippen molar-refractivity contribution in [2.75, 3.05) is 5.73 Å². The number of nitrogens with zero attached hydrogens (tertiary/aromatic N) is 2. The number of aromatic nitrogens is 2. The summed E-state index contributed by atoms with van der Waals surface area (Å²) in [5, 5.41) is 0. The number of nitrogen functional groups attached to an aromatic ring is 1. The second-order valence-electron chi connectivity index (χ2n) is 4.84. The Bertz CT molecular complexity index is 665. The number of anilines is 1. The van der Waals surface area contributed by atoms with Gasteiger partial charge in [0, 0.05) is 6.54 Å². The molecule has 1 aromatic carbocycles. The Balaban J connectivity index is 2.78. The average molecular weight is 259 g/mol. The summed E-state index contributed by atoms with van der Waals surface area (Å²) in [6, 6.07) is 6.08. The van der Waals surface area contributed by atoms with Crippen LogP contribution in [0.1, 0.15) is 30.7 Å². The van der Waals surface area contributed by atoms with E-state index >= 15 is 0 Å². The highest BCUT2D eigenvalue weighted by Crippen LogP contribution is 2.18. The van der Waals surface area contributed by atoms with Crippen molar-refractivity contribution in [2.45, 2.75) is 40.7 Å². The van der Waals surface area contributed by atoms with Crippen LogP contribution in [0.4, 0.5) is 5.69 Å². The fraction of sp³-hybridized carbons (Fsp3) is 0.400. The largest absolute Gasteiger partial charge is 0.393 e. The Hall–Kier alpha value is -1.97. The van der Waals surface area contributed by atoms with Crippen LogP contribution in [0.3, 0.4) is 0 Å². The van der Waals surface area contributed by atoms with Gasteiger partial charge < -0.3 is 5.73 Å². The standard InChI is InChI=1S/C15H21N3O/c1-5-12-14(16)15(19)18(17(12)6-2)13-8-7-10(3)9-11(13)4/h7-9H,5-6,16H2,1-4H3. The summed E-state index contributed by atoms with van der Waals surface area (Å²) in [5.41, 5.74) is 10.3. The molecular weight excluding hydrogens is 238 g/mol. The number of hydrogen-bond donors (Lipinski definition) is 1. The molecule has 102 valence electrons. The van der Waals surface area contributed by atoms with E-state index in [9.17, 15) is 4.79 Å². The Morgan fingerprint density at radius 3 is 2.42 bits per heavy atom. The van der Waals surface area contributed by atoms with Crippen molar-refractivity contribution < 1.29 is 0 Å². The first kappa shape index (κ1) is 13.5. The van der Waals surface area contributed by atoms with Gasteiger partial charge in [-0.05, 0) is 38.8 Å². The zero-order valence-electron chi connectivity index (χ0n) is 12.0. The number of aryl methyl sites for hydroxylation is 2. The maximum atomic E-state index is 12.4. The van der Waals surface area contributed by atoms with Gasteiger partial charge in [-0.15, -0.1) is 0 Å². The van der Waals surface area contributed by atoms with Crippen LogP contribution in [0.15, 0.2) is 23.0 Å². The molecular formula is C15H21N3O. The van der Waals surface area contributed by atoms with E-state index in [4.69, 9.17) is 5.73 Å². The fourth-order valence-corrected chi connectivity index (χ4v) is 2.59. The number of nitrogens with two attached hydrogens (primary N) is 1. The molecule has 1 heterocycles. The van der Waals surface area contributed by atoms with Crippen molar-refractivity contribution in [1.29, 1.82) is 0 Å². The number of rotatable bonds is 3. The van der Waals surface area contributed by atoms with E-state index in [1.807, 2.05) is 44.5 Å². The molecule has 0 unspecified atom stereocenters. The summed E-state index contributed by atoms with van der Waals surface area (Å²) >= 11 is 0. The van der Waals surface area contributed by atoms with Crippen molar-refractivity contribution in [1.82, 2.24) is 9.36 Å². The molecule has 0 fully saturated rings. The van der Waals surface area contributed by atoms with Gasteiger partial charge >= 0.3 is 0 Å². The normalized spacial score (nSPS) is 10.9. The number of hydrogen-bond acceptors (Lipinski definition) is 2. The highest BCUT2D eigenvalue weighted by atomic mass is 16.1. The van der Waals surface area contributed by atoms with Crippen molar-refractivity contribution in [3.8, 4) is 5.69 Å². The third-order valence-corrected chi connectivity index (χ3v) is 3.50. The first-order valence-corrected chi connectivity index (χ1v) is 6.69. The molecule has 2 N–H and O–H groups in total. The molecule has 4 heteroatoms. The minimum atomic E-state index is -0.120. The second kappa shape index (κ2) is 4.96. The maximum Gasteiger partial charge on any atom is 0.294 e. The van der Waals surface area contributed by atoms with Gasteiger partial charge in [0.1, 0.15) is 5.69 Å². The average Bonchev–Trinajstić information content (AvgIpc) is 2.62. The first-order valence-electron chi connectivity index (χ1n) is 6.69. The van der Waals surface area contributed by atoms with E-state index in [2.05, 4.69) is 6.07 Å². The molecule has 2 aromatic rings. The van der Waals surface area contributed by atoms with Crippen molar-refractivity contribution >= 4 is 5.69 Å². The lowest BCUT2D eigenvalue weighted by atomic mass is 10.1. The fourth-order valence-electron chi connectivity index (χ4n) is 2.59. The van der Waals surface area contributed by atoms with Crippen molar-refractivity contribution in [3.05, 3.63) is 45.4 Å². The van der Waals surface area contributed by atoms with Gasteiger partial charge in [-0.3, -0.25) is 9.48 Å². The topological polar surface area (TPSA) is 53.0 Å². The molecule has 0 amide bonds. The summed E-state index contributed by atoms with van der Waals surface area (Å²) in [5.74, 6) is 0. The summed E-state index contributed by atoms with van der Waals surface area (Å²) in [7, 11) is 0. The third kappa shape index (κ3) is 2.07. The minimum Gasteiger partial charge on any atom is -0.393 e. The molecule has 4 nitrogen and oxygen atoms in total. The lowest BCUT2D eigenvalue weighted by Gasteiger charge is -2.14. The Labute approximate surface area is 113 Å². The van der Waals surface area contributed by atoms with Gasteiger partial charge in [0.05, 0.1) is 11.4 Å². The van der Waals surface area contributed by atoms with Crippen LogP contribution in [0.2, 0.25) is 0 Å². The predicted octanol–water partition coefficient (Wildman–Crippen LogP) is 2.42. The van der Waals surface area contributed by atoms with Crippen LogP contribution in [0, 0.1) is 13.8 Å². The van der Waals surface area contributed by atoms with Crippen molar-refractivity contribution in [2.24, 2.45) is 0 Å². The molecule has 0 spiro atoms.